The third-order valence-corrected chi connectivity index (χ3v) is 5.44. The second-order valence-electron chi connectivity index (χ2n) is 9.62. The molecular formula is C26H36N4O3. The molecule has 3 rings (SSSR count). The summed E-state index contributed by atoms with van der Waals surface area (Å²) in [5.41, 5.74) is 2.71. The molecule has 1 heterocycles. The maximum Gasteiger partial charge on any atom is 0.410 e. The van der Waals surface area contributed by atoms with E-state index in [1.165, 1.54) is 16.0 Å². The second kappa shape index (κ2) is 11.3. The number of benzene rings is 2. The number of amides is 2. The van der Waals surface area contributed by atoms with Crippen LogP contribution in [0.15, 0.2) is 54.6 Å². The molecular weight excluding hydrogens is 416 g/mol. The molecule has 178 valence electrons. The summed E-state index contributed by atoms with van der Waals surface area (Å²) in [7, 11) is 1.55. The van der Waals surface area contributed by atoms with Crippen molar-refractivity contribution in [3.8, 4) is 0 Å². The first-order valence-corrected chi connectivity index (χ1v) is 11.5. The fourth-order valence-electron chi connectivity index (χ4n) is 3.72. The lowest BCUT2D eigenvalue weighted by Crippen LogP contribution is -2.45. The van der Waals surface area contributed by atoms with Crippen molar-refractivity contribution in [2.75, 3.05) is 45.1 Å². The molecule has 2 aromatic rings. The molecule has 0 spiro atoms. The Morgan fingerprint density at radius 2 is 1.39 bits per heavy atom. The van der Waals surface area contributed by atoms with Crippen molar-refractivity contribution < 1.29 is 14.3 Å². The molecule has 0 aromatic heterocycles. The predicted molar refractivity (Wildman–Crippen MR) is 131 cm³/mol. The number of nitrogens with zero attached hydrogens (tertiary/aromatic N) is 3. The number of carbonyl (C=O) groups excluding carboxylic acids is 2. The van der Waals surface area contributed by atoms with Crippen LogP contribution in [0.5, 0.6) is 0 Å². The smallest absolute Gasteiger partial charge is 0.410 e. The topological polar surface area (TPSA) is 65.1 Å². The number of rotatable bonds is 7. The van der Waals surface area contributed by atoms with E-state index in [1.54, 1.807) is 27.8 Å². The van der Waals surface area contributed by atoms with Crippen LogP contribution in [0.25, 0.3) is 0 Å². The minimum absolute atomic E-state index is 0.0656. The Morgan fingerprint density at radius 3 is 1.91 bits per heavy atom. The summed E-state index contributed by atoms with van der Waals surface area (Å²) in [6.45, 7) is 11.4. The van der Waals surface area contributed by atoms with Crippen molar-refractivity contribution in [2.24, 2.45) is 0 Å². The van der Waals surface area contributed by atoms with E-state index in [4.69, 9.17) is 4.74 Å². The Bertz CT molecular complexity index is 901. The molecule has 2 aromatic carbocycles. The Hall–Kier alpha value is -2.90. The first-order chi connectivity index (χ1) is 15.7. The summed E-state index contributed by atoms with van der Waals surface area (Å²) < 4.78 is 5.27. The van der Waals surface area contributed by atoms with Crippen molar-refractivity contribution in [1.82, 2.24) is 14.7 Å². The molecule has 33 heavy (non-hydrogen) atoms. The predicted octanol–water partition coefficient (Wildman–Crippen LogP) is 3.81. The Morgan fingerprint density at radius 1 is 0.879 bits per heavy atom. The molecule has 1 aliphatic rings. The average Bonchev–Trinajstić information content (AvgIpc) is 2.76. The highest BCUT2D eigenvalue weighted by atomic mass is 16.6. The largest absolute Gasteiger partial charge is 0.444 e. The Labute approximate surface area is 197 Å². The van der Waals surface area contributed by atoms with E-state index in [0.717, 1.165) is 39.3 Å². The van der Waals surface area contributed by atoms with Crippen molar-refractivity contribution in [3.05, 3.63) is 65.7 Å². The average molecular weight is 453 g/mol. The molecule has 2 amide bonds. The maximum atomic E-state index is 12.3. The highest BCUT2D eigenvalue weighted by molar-refractivity contribution is 5.93. The van der Waals surface area contributed by atoms with E-state index in [2.05, 4.69) is 45.4 Å². The fraction of sp³-hybridized carbons (Fsp3) is 0.462. The van der Waals surface area contributed by atoms with Gasteiger partial charge >= 0.3 is 6.09 Å². The Kier molecular flexibility index (Phi) is 8.47. The van der Waals surface area contributed by atoms with Gasteiger partial charge in [0.15, 0.2) is 0 Å². The summed E-state index contributed by atoms with van der Waals surface area (Å²) >= 11 is 0. The maximum absolute atomic E-state index is 12.3. The van der Waals surface area contributed by atoms with Crippen molar-refractivity contribution in [1.29, 1.82) is 0 Å². The van der Waals surface area contributed by atoms with Gasteiger partial charge in [-0.2, -0.15) is 0 Å². The monoisotopic (exact) mass is 452 g/mol. The first kappa shape index (κ1) is 24.7. The minimum atomic E-state index is -0.591. The summed E-state index contributed by atoms with van der Waals surface area (Å²) in [6, 6.07) is 18.5. The highest BCUT2D eigenvalue weighted by Crippen LogP contribution is 2.15. The molecule has 1 saturated heterocycles. The summed E-state index contributed by atoms with van der Waals surface area (Å²) in [4.78, 5) is 30.5. The normalized spacial score (nSPS) is 15.2. The quantitative estimate of drug-likeness (QED) is 0.692. The Balaban J connectivity index is 1.40. The zero-order chi connectivity index (χ0) is 23.8. The lowest BCUT2D eigenvalue weighted by atomic mass is 10.1. The van der Waals surface area contributed by atoms with Gasteiger partial charge in [-0.1, -0.05) is 42.5 Å². The van der Waals surface area contributed by atoms with Crippen molar-refractivity contribution in [3.63, 3.8) is 0 Å². The van der Waals surface area contributed by atoms with Gasteiger partial charge in [-0.3, -0.25) is 14.6 Å². The molecule has 0 aliphatic carbocycles. The number of carbonyl (C=O) groups is 2. The standard InChI is InChI=1S/C26H36N4O3/c1-26(2,3)33-25(32)28(4)20-24(31)27-23-12-10-22(11-13-23)19-30-16-14-29(15-17-30)18-21-8-6-5-7-9-21/h5-13H,14-20H2,1-4H3,(H,27,31). The van der Waals surface area contributed by atoms with Gasteiger partial charge in [0, 0.05) is 52.0 Å². The van der Waals surface area contributed by atoms with Crippen LogP contribution in [0.4, 0.5) is 10.5 Å². The van der Waals surface area contributed by atoms with Gasteiger partial charge < -0.3 is 15.0 Å². The first-order valence-electron chi connectivity index (χ1n) is 11.5. The number of hydrogen-bond acceptors (Lipinski definition) is 5. The summed E-state index contributed by atoms with van der Waals surface area (Å²) in [5, 5.41) is 2.84. The lowest BCUT2D eigenvalue weighted by Gasteiger charge is -2.34. The van der Waals surface area contributed by atoms with Crippen LogP contribution in [-0.2, 0) is 22.6 Å². The van der Waals surface area contributed by atoms with E-state index in [9.17, 15) is 9.59 Å². The van der Waals surface area contributed by atoms with Crippen LogP contribution in [-0.4, -0.2) is 72.1 Å². The van der Waals surface area contributed by atoms with E-state index >= 15 is 0 Å². The molecule has 0 unspecified atom stereocenters. The van der Waals surface area contributed by atoms with Crippen LogP contribution in [0.1, 0.15) is 31.9 Å². The van der Waals surface area contributed by atoms with Crippen LogP contribution in [0.2, 0.25) is 0 Å². The van der Waals surface area contributed by atoms with Crippen LogP contribution >= 0.6 is 0 Å². The van der Waals surface area contributed by atoms with Crippen LogP contribution in [0, 0.1) is 0 Å². The summed E-state index contributed by atoms with van der Waals surface area (Å²) in [6.07, 6.45) is -0.517. The molecule has 1 N–H and O–H groups in total. The number of likely N-dealkylation sites (N-methyl/N-ethyl adjacent to an activating group) is 1. The number of anilines is 1. The zero-order valence-corrected chi connectivity index (χ0v) is 20.2. The molecule has 1 aliphatic heterocycles. The minimum Gasteiger partial charge on any atom is -0.444 e. The van der Waals surface area contributed by atoms with E-state index in [1.807, 2.05) is 24.3 Å². The van der Waals surface area contributed by atoms with Crippen LogP contribution < -0.4 is 5.32 Å². The van der Waals surface area contributed by atoms with E-state index < -0.39 is 11.7 Å². The van der Waals surface area contributed by atoms with Gasteiger partial charge in [0.25, 0.3) is 0 Å². The third kappa shape index (κ3) is 8.51. The lowest BCUT2D eigenvalue weighted by molar-refractivity contribution is -0.117. The molecule has 7 nitrogen and oxygen atoms in total. The van der Waals surface area contributed by atoms with E-state index in [0.29, 0.717) is 5.69 Å². The number of piperazine rings is 1. The van der Waals surface area contributed by atoms with Gasteiger partial charge in [-0.05, 0) is 44.0 Å². The molecule has 7 heteroatoms. The molecule has 1 fully saturated rings. The fourth-order valence-corrected chi connectivity index (χ4v) is 3.72. The van der Waals surface area contributed by atoms with Gasteiger partial charge in [0.1, 0.15) is 12.1 Å². The third-order valence-electron chi connectivity index (χ3n) is 5.44. The number of nitrogens with one attached hydrogen (secondary N) is 1. The number of hydrogen-bond donors (Lipinski definition) is 1. The molecule has 0 bridgehead atoms. The molecule has 0 saturated carbocycles. The zero-order valence-electron chi connectivity index (χ0n) is 20.2. The van der Waals surface area contributed by atoms with Gasteiger partial charge in [0.2, 0.25) is 5.91 Å². The van der Waals surface area contributed by atoms with Crippen molar-refractivity contribution in [2.45, 2.75) is 39.5 Å². The van der Waals surface area contributed by atoms with Crippen LogP contribution in [0.3, 0.4) is 0 Å². The van der Waals surface area contributed by atoms with Crippen molar-refractivity contribution >= 4 is 17.7 Å². The second-order valence-corrected chi connectivity index (χ2v) is 9.62. The molecule has 0 radical (unpaired) electrons. The van der Waals surface area contributed by atoms with E-state index in [-0.39, 0.29) is 12.5 Å². The highest BCUT2D eigenvalue weighted by Gasteiger charge is 2.21. The SMILES string of the molecule is CN(CC(=O)Nc1ccc(CN2CCN(Cc3ccccc3)CC2)cc1)C(=O)OC(C)(C)C. The summed E-state index contributed by atoms with van der Waals surface area (Å²) in [5.74, 6) is -0.259. The van der Waals surface area contributed by atoms with Gasteiger partial charge in [-0.25, -0.2) is 4.79 Å². The van der Waals surface area contributed by atoms with Gasteiger partial charge in [0.05, 0.1) is 0 Å². The van der Waals surface area contributed by atoms with Gasteiger partial charge in [-0.15, -0.1) is 0 Å². The number of ether oxygens (including phenoxy) is 1. The molecule has 0 atom stereocenters.